The predicted octanol–water partition coefficient (Wildman–Crippen LogP) is 5.38. The Morgan fingerprint density at radius 1 is 1.03 bits per heavy atom. The molecule has 1 heterocycles. The summed E-state index contributed by atoms with van der Waals surface area (Å²) >= 11 is 4.67. The first kappa shape index (κ1) is 21.9. The summed E-state index contributed by atoms with van der Waals surface area (Å²) in [6.07, 6.45) is 0. The minimum atomic E-state index is -0.483. The van der Waals surface area contributed by atoms with Crippen molar-refractivity contribution in [1.82, 2.24) is 0 Å². The average Bonchev–Trinajstić information content (AvgIpc) is 3.17. The van der Waals surface area contributed by atoms with E-state index in [1.54, 1.807) is 38.3 Å². The van der Waals surface area contributed by atoms with E-state index in [2.05, 4.69) is 21.2 Å². The molecule has 0 spiro atoms. The number of esters is 1. The number of ether oxygens (including phenoxy) is 3. The summed E-state index contributed by atoms with van der Waals surface area (Å²) in [4.78, 5) is 25.0. The first-order chi connectivity index (χ1) is 14.5. The number of halogens is 1. The summed E-state index contributed by atoms with van der Waals surface area (Å²) < 4.78 is 16.7. The Labute approximate surface area is 186 Å². The molecule has 30 heavy (non-hydrogen) atoms. The highest BCUT2D eigenvalue weighted by Crippen LogP contribution is 2.36. The number of hydrogen-bond acceptors (Lipinski definition) is 6. The SMILES string of the molecule is CCOC(=O)c1c(-c2ccc(Br)cc2)csc1NC(=O)COc1ccc(OC)cc1. The Morgan fingerprint density at radius 2 is 1.70 bits per heavy atom. The van der Waals surface area contributed by atoms with Crippen LogP contribution in [0.3, 0.4) is 0 Å². The minimum Gasteiger partial charge on any atom is -0.497 e. The van der Waals surface area contributed by atoms with Gasteiger partial charge in [0.25, 0.3) is 5.91 Å². The van der Waals surface area contributed by atoms with Crippen LogP contribution in [0.25, 0.3) is 11.1 Å². The molecular weight excluding hydrogens is 470 g/mol. The largest absolute Gasteiger partial charge is 0.497 e. The van der Waals surface area contributed by atoms with Gasteiger partial charge in [-0.25, -0.2) is 4.79 Å². The maximum absolute atomic E-state index is 12.6. The van der Waals surface area contributed by atoms with Gasteiger partial charge < -0.3 is 19.5 Å². The van der Waals surface area contributed by atoms with Crippen molar-refractivity contribution in [3.8, 4) is 22.6 Å². The smallest absolute Gasteiger partial charge is 0.341 e. The molecule has 0 fully saturated rings. The fraction of sp³-hybridized carbons (Fsp3) is 0.182. The molecule has 0 bridgehead atoms. The quantitative estimate of drug-likeness (QED) is 0.430. The molecule has 0 aliphatic heterocycles. The number of nitrogens with one attached hydrogen (secondary N) is 1. The van der Waals surface area contributed by atoms with Crippen LogP contribution in [0.4, 0.5) is 5.00 Å². The number of benzene rings is 2. The summed E-state index contributed by atoms with van der Waals surface area (Å²) in [6, 6.07) is 14.5. The van der Waals surface area contributed by atoms with E-state index in [1.807, 2.05) is 29.6 Å². The average molecular weight is 490 g/mol. The van der Waals surface area contributed by atoms with Gasteiger partial charge in [-0.3, -0.25) is 4.79 Å². The van der Waals surface area contributed by atoms with Gasteiger partial charge in [0, 0.05) is 15.4 Å². The van der Waals surface area contributed by atoms with E-state index in [0.29, 0.717) is 27.6 Å². The molecule has 156 valence electrons. The standard InChI is InChI=1S/C22H20BrNO5S/c1-3-28-22(26)20-18(14-4-6-15(23)7-5-14)13-30-21(20)24-19(25)12-29-17-10-8-16(27-2)9-11-17/h4-11,13H,3,12H2,1-2H3,(H,24,25). The Morgan fingerprint density at radius 3 is 2.33 bits per heavy atom. The maximum Gasteiger partial charge on any atom is 0.341 e. The number of thiophene rings is 1. The monoisotopic (exact) mass is 489 g/mol. The Bertz CT molecular complexity index is 1020. The number of anilines is 1. The molecule has 0 aliphatic rings. The van der Waals surface area contributed by atoms with Crippen LogP contribution in [0.1, 0.15) is 17.3 Å². The van der Waals surface area contributed by atoms with Gasteiger partial charge in [0.05, 0.1) is 13.7 Å². The summed E-state index contributed by atoms with van der Waals surface area (Å²) in [6.45, 7) is 1.78. The minimum absolute atomic E-state index is 0.194. The molecule has 1 amide bonds. The highest BCUT2D eigenvalue weighted by molar-refractivity contribution is 9.10. The van der Waals surface area contributed by atoms with Crippen LogP contribution in [0.2, 0.25) is 0 Å². The fourth-order valence-electron chi connectivity index (χ4n) is 2.68. The molecule has 0 saturated carbocycles. The molecule has 0 radical (unpaired) electrons. The molecule has 2 aromatic carbocycles. The van der Waals surface area contributed by atoms with Crippen molar-refractivity contribution < 1.29 is 23.8 Å². The Balaban J connectivity index is 1.76. The van der Waals surface area contributed by atoms with Crippen LogP contribution in [0.15, 0.2) is 58.4 Å². The van der Waals surface area contributed by atoms with Crippen LogP contribution in [0.5, 0.6) is 11.5 Å². The topological polar surface area (TPSA) is 73.9 Å². The summed E-state index contributed by atoms with van der Waals surface area (Å²) in [5, 5.41) is 5.02. The third-order valence-electron chi connectivity index (χ3n) is 4.11. The Kier molecular flexibility index (Phi) is 7.48. The van der Waals surface area contributed by atoms with Crippen LogP contribution < -0.4 is 14.8 Å². The molecule has 0 saturated heterocycles. The van der Waals surface area contributed by atoms with E-state index < -0.39 is 5.97 Å². The first-order valence-corrected chi connectivity index (χ1v) is 10.8. The number of hydrogen-bond donors (Lipinski definition) is 1. The molecule has 0 atom stereocenters. The lowest BCUT2D eigenvalue weighted by Gasteiger charge is -2.10. The zero-order chi connectivity index (χ0) is 21.5. The summed E-state index contributed by atoms with van der Waals surface area (Å²) in [5.74, 6) is 0.381. The lowest BCUT2D eigenvalue weighted by molar-refractivity contribution is -0.118. The first-order valence-electron chi connectivity index (χ1n) is 9.13. The third-order valence-corrected chi connectivity index (χ3v) is 5.53. The zero-order valence-electron chi connectivity index (χ0n) is 16.4. The maximum atomic E-state index is 12.6. The highest BCUT2D eigenvalue weighted by Gasteiger charge is 2.23. The number of rotatable bonds is 8. The van der Waals surface area contributed by atoms with E-state index in [-0.39, 0.29) is 19.1 Å². The number of amides is 1. The van der Waals surface area contributed by atoms with Gasteiger partial charge >= 0.3 is 5.97 Å². The Hall–Kier alpha value is -2.84. The van der Waals surface area contributed by atoms with Crippen molar-refractivity contribution >= 4 is 44.1 Å². The second kappa shape index (κ2) is 10.3. The van der Waals surface area contributed by atoms with Crippen molar-refractivity contribution in [2.75, 3.05) is 25.6 Å². The van der Waals surface area contributed by atoms with Crippen LogP contribution in [0, 0.1) is 0 Å². The lowest BCUT2D eigenvalue weighted by Crippen LogP contribution is -2.21. The second-order valence-electron chi connectivity index (χ2n) is 6.09. The van der Waals surface area contributed by atoms with Gasteiger partial charge in [-0.05, 0) is 48.9 Å². The van der Waals surface area contributed by atoms with E-state index >= 15 is 0 Å². The van der Waals surface area contributed by atoms with Crippen molar-refractivity contribution in [1.29, 1.82) is 0 Å². The van der Waals surface area contributed by atoms with Gasteiger partial charge in [0.2, 0.25) is 0 Å². The van der Waals surface area contributed by atoms with E-state index in [9.17, 15) is 9.59 Å². The van der Waals surface area contributed by atoms with Crippen molar-refractivity contribution in [3.05, 3.63) is 63.9 Å². The third kappa shape index (κ3) is 5.40. The molecule has 0 unspecified atom stereocenters. The van der Waals surface area contributed by atoms with E-state index in [4.69, 9.17) is 14.2 Å². The van der Waals surface area contributed by atoms with E-state index in [1.165, 1.54) is 11.3 Å². The normalized spacial score (nSPS) is 10.4. The molecule has 8 heteroatoms. The molecule has 0 aliphatic carbocycles. The molecule has 6 nitrogen and oxygen atoms in total. The lowest BCUT2D eigenvalue weighted by atomic mass is 10.0. The zero-order valence-corrected chi connectivity index (χ0v) is 18.8. The molecule has 3 rings (SSSR count). The number of methoxy groups -OCH3 is 1. The predicted molar refractivity (Wildman–Crippen MR) is 121 cm³/mol. The molecule has 3 aromatic rings. The van der Waals surface area contributed by atoms with Crippen molar-refractivity contribution in [2.24, 2.45) is 0 Å². The van der Waals surface area contributed by atoms with Gasteiger partial charge in [-0.2, -0.15) is 0 Å². The van der Waals surface area contributed by atoms with Crippen molar-refractivity contribution in [2.45, 2.75) is 6.92 Å². The summed E-state index contributed by atoms with van der Waals surface area (Å²) in [7, 11) is 1.58. The number of carbonyl (C=O) groups is 2. The fourth-order valence-corrected chi connectivity index (χ4v) is 3.92. The van der Waals surface area contributed by atoms with Gasteiger partial charge in [-0.15, -0.1) is 11.3 Å². The van der Waals surface area contributed by atoms with Crippen molar-refractivity contribution in [3.63, 3.8) is 0 Å². The molecular formula is C22H20BrNO5S. The second-order valence-corrected chi connectivity index (χ2v) is 7.89. The van der Waals surface area contributed by atoms with Crippen LogP contribution >= 0.6 is 27.3 Å². The molecule has 1 N–H and O–H groups in total. The van der Waals surface area contributed by atoms with Gasteiger partial charge in [0.15, 0.2) is 6.61 Å². The number of carbonyl (C=O) groups excluding carboxylic acids is 2. The van der Waals surface area contributed by atoms with Gasteiger partial charge in [-0.1, -0.05) is 28.1 Å². The van der Waals surface area contributed by atoms with E-state index in [0.717, 1.165) is 10.0 Å². The highest BCUT2D eigenvalue weighted by atomic mass is 79.9. The van der Waals surface area contributed by atoms with Crippen LogP contribution in [-0.2, 0) is 9.53 Å². The summed E-state index contributed by atoms with van der Waals surface area (Å²) in [5.41, 5.74) is 1.90. The van der Waals surface area contributed by atoms with Gasteiger partial charge in [0.1, 0.15) is 22.1 Å². The van der Waals surface area contributed by atoms with Crippen LogP contribution in [-0.4, -0.2) is 32.2 Å². The molecule has 1 aromatic heterocycles.